The molecule has 20 heavy (non-hydrogen) atoms. The molecule has 7 heteroatoms. The summed E-state index contributed by atoms with van der Waals surface area (Å²) in [5, 5.41) is 10.9. The van der Waals surface area contributed by atoms with Crippen molar-refractivity contribution in [2.45, 2.75) is 42.4 Å². The number of nitrogens with zero attached hydrogens (tertiary/aromatic N) is 1. The van der Waals surface area contributed by atoms with Gasteiger partial charge in [-0.3, -0.25) is 0 Å². The zero-order chi connectivity index (χ0) is 14.6. The van der Waals surface area contributed by atoms with E-state index in [1.165, 1.54) is 13.5 Å². The largest absolute Gasteiger partial charge is 0.494 e. The molecule has 1 aromatic rings. The molecule has 1 aliphatic carbocycles. The summed E-state index contributed by atoms with van der Waals surface area (Å²) in [6, 6.07) is 3.05. The van der Waals surface area contributed by atoms with Crippen LogP contribution in [0.5, 0.6) is 5.75 Å². The van der Waals surface area contributed by atoms with Crippen LogP contribution < -0.4 is 9.46 Å². The van der Waals surface area contributed by atoms with Gasteiger partial charge in [0.15, 0.2) is 4.21 Å². The van der Waals surface area contributed by atoms with Crippen molar-refractivity contribution in [2.24, 2.45) is 5.92 Å². The number of hydrogen-bond acceptors (Lipinski definition) is 5. The van der Waals surface area contributed by atoms with E-state index in [-0.39, 0.29) is 10.1 Å². The van der Waals surface area contributed by atoms with Gasteiger partial charge in [-0.15, -0.1) is 11.3 Å². The fourth-order valence-corrected chi connectivity index (χ4v) is 5.05. The van der Waals surface area contributed by atoms with Crippen LogP contribution in [0.3, 0.4) is 0 Å². The summed E-state index contributed by atoms with van der Waals surface area (Å²) >= 11 is 1.10. The molecule has 0 spiro atoms. The maximum atomic E-state index is 12.4. The molecule has 0 saturated heterocycles. The minimum Gasteiger partial charge on any atom is -0.494 e. The molecule has 0 aromatic carbocycles. The molecule has 5 nitrogen and oxygen atoms in total. The summed E-state index contributed by atoms with van der Waals surface area (Å²) in [7, 11) is -2.26. The monoisotopic (exact) mass is 314 g/mol. The molecule has 0 aliphatic heterocycles. The quantitative estimate of drug-likeness (QED) is 0.905. The number of ether oxygens (including phenoxy) is 1. The van der Waals surface area contributed by atoms with E-state index in [1.54, 1.807) is 11.4 Å². The average Bonchev–Trinajstić information content (AvgIpc) is 2.95. The third-order valence-corrected chi connectivity index (χ3v) is 6.49. The van der Waals surface area contributed by atoms with Crippen molar-refractivity contribution < 1.29 is 13.2 Å². The first-order valence-corrected chi connectivity index (χ1v) is 8.98. The van der Waals surface area contributed by atoms with Crippen LogP contribution in [0, 0.1) is 17.2 Å². The van der Waals surface area contributed by atoms with E-state index in [1.807, 2.05) is 0 Å². The van der Waals surface area contributed by atoms with Crippen molar-refractivity contribution in [3.05, 3.63) is 11.4 Å². The van der Waals surface area contributed by atoms with Gasteiger partial charge >= 0.3 is 0 Å². The van der Waals surface area contributed by atoms with E-state index in [0.29, 0.717) is 5.75 Å². The minimum absolute atomic E-state index is 0.106. The number of thiophene rings is 1. The van der Waals surface area contributed by atoms with Crippen LogP contribution >= 0.6 is 11.3 Å². The lowest BCUT2D eigenvalue weighted by atomic mass is 9.85. The van der Waals surface area contributed by atoms with Crippen molar-refractivity contribution in [2.75, 3.05) is 7.11 Å². The van der Waals surface area contributed by atoms with Crippen LogP contribution in [0.4, 0.5) is 0 Å². The molecule has 1 heterocycles. The van der Waals surface area contributed by atoms with E-state index in [2.05, 4.69) is 10.8 Å². The smallest absolute Gasteiger partial charge is 0.254 e. The first kappa shape index (κ1) is 15.3. The van der Waals surface area contributed by atoms with Crippen LogP contribution in [0.2, 0.25) is 0 Å². The SMILES string of the molecule is COc1ccsc1S(=O)(=O)N[C@@H](C#N)C1CCCCC1. The highest BCUT2D eigenvalue weighted by atomic mass is 32.2. The van der Waals surface area contributed by atoms with Gasteiger partial charge in [-0.1, -0.05) is 19.3 Å². The summed E-state index contributed by atoms with van der Waals surface area (Å²) in [6.45, 7) is 0. The van der Waals surface area contributed by atoms with Crippen LogP contribution in [-0.2, 0) is 10.0 Å². The molecule has 1 aromatic heterocycles. The van der Waals surface area contributed by atoms with Crippen molar-refractivity contribution in [1.29, 1.82) is 5.26 Å². The van der Waals surface area contributed by atoms with Gasteiger partial charge in [-0.2, -0.15) is 9.98 Å². The molecule has 110 valence electrons. The Balaban J connectivity index is 2.16. The Bertz CT molecular complexity index is 583. The fourth-order valence-electron chi connectivity index (χ4n) is 2.55. The number of methoxy groups -OCH3 is 1. The van der Waals surface area contributed by atoms with Crippen LogP contribution in [0.25, 0.3) is 0 Å². The molecule has 0 unspecified atom stereocenters. The Morgan fingerprint density at radius 2 is 2.15 bits per heavy atom. The molecule has 2 rings (SSSR count). The molecule has 1 atom stereocenters. The first-order chi connectivity index (χ1) is 9.58. The molecule has 1 aliphatic rings. The normalized spacial score (nSPS) is 18.4. The average molecular weight is 314 g/mol. The highest BCUT2D eigenvalue weighted by molar-refractivity contribution is 7.91. The summed E-state index contributed by atoms with van der Waals surface area (Å²) in [5.41, 5.74) is 0. The van der Waals surface area contributed by atoms with E-state index in [4.69, 9.17) is 4.74 Å². The van der Waals surface area contributed by atoms with Crippen molar-refractivity contribution in [3.8, 4) is 11.8 Å². The topological polar surface area (TPSA) is 79.2 Å². The highest BCUT2D eigenvalue weighted by Crippen LogP contribution is 2.31. The Kier molecular flexibility index (Phi) is 5.02. The van der Waals surface area contributed by atoms with Crippen molar-refractivity contribution in [1.82, 2.24) is 4.72 Å². The number of rotatable bonds is 5. The van der Waals surface area contributed by atoms with E-state index < -0.39 is 16.1 Å². The third-order valence-electron chi connectivity index (χ3n) is 3.60. The van der Waals surface area contributed by atoms with Crippen LogP contribution in [-0.4, -0.2) is 21.6 Å². The van der Waals surface area contributed by atoms with Gasteiger partial charge in [0.25, 0.3) is 10.0 Å². The summed E-state index contributed by atoms with van der Waals surface area (Å²) in [6.07, 6.45) is 5.10. The van der Waals surface area contributed by atoms with Gasteiger partial charge in [0, 0.05) is 0 Å². The first-order valence-electron chi connectivity index (χ1n) is 6.62. The fraction of sp³-hybridized carbons (Fsp3) is 0.615. The standard InChI is InChI=1S/C13H18N2O3S2/c1-18-12-7-8-19-13(12)20(16,17)15-11(9-14)10-5-3-2-4-6-10/h7-8,10-11,15H,2-6H2,1H3/t11-/m0/s1. The Morgan fingerprint density at radius 1 is 1.45 bits per heavy atom. The second-order valence-corrected chi connectivity index (χ2v) is 7.73. The van der Waals surface area contributed by atoms with Crippen LogP contribution in [0.15, 0.2) is 15.7 Å². The van der Waals surface area contributed by atoms with Crippen molar-refractivity contribution >= 4 is 21.4 Å². The maximum absolute atomic E-state index is 12.4. The Labute approximate surface area is 123 Å². The van der Waals surface area contributed by atoms with Gasteiger partial charge in [0.05, 0.1) is 13.2 Å². The zero-order valence-corrected chi connectivity index (χ0v) is 13.0. The predicted molar refractivity (Wildman–Crippen MR) is 77.2 cm³/mol. The zero-order valence-electron chi connectivity index (χ0n) is 11.3. The molecular formula is C13H18N2O3S2. The molecule has 1 saturated carbocycles. The molecule has 1 N–H and O–H groups in total. The number of nitriles is 1. The molecular weight excluding hydrogens is 296 g/mol. The second-order valence-electron chi connectivity index (χ2n) is 4.90. The Hall–Kier alpha value is -1.10. The number of nitrogens with one attached hydrogen (secondary N) is 1. The van der Waals surface area contributed by atoms with Gasteiger partial charge < -0.3 is 4.74 Å². The second kappa shape index (κ2) is 6.57. The lowest BCUT2D eigenvalue weighted by molar-refractivity contribution is 0.323. The van der Waals surface area contributed by atoms with E-state index in [0.717, 1.165) is 37.0 Å². The minimum atomic E-state index is -3.70. The van der Waals surface area contributed by atoms with E-state index >= 15 is 0 Å². The summed E-state index contributed by atoms with van der Waals surface area (Å²) in [5.74, 6) is 0.428. The lowest BCUT2D eigenvalue weighted by Crippen LogP contribution is -2.39. The van der Waals surface area contributed by atoms with Crippen LogP contribution in [0.1, 0.15) is 32.1 Å². The van der Waals surface area contributed by atoms with E-state index in [9.17, 15) is 13.7 Å². The predicted octanol–water partition coefficient (Wildman–Crippen LogP) is 2.51. The molecule has 0 amide bonds. The van der Waals surface area contributed by atoms with Gasteiger partial charge in [0.1, 0.15) is 11.8 Å². The summed E-state index contributed by atoms with van der Waals surface area (Å²) in [4.78, 5) is 0. The number of sulfonamides is 1. The Morgan fingerprint density at radius 3 is 2.75 bits per heavy atom. The molecule has 0 bridgehead atoms. The highest BCUT2D eigenvalue weighted by Gasteiger charge is 2.30. The van der Waals surface area contributed by atoms with Gasteiger partial charge in [-0.25, -0.2) is 8.42 Å². The third kappa shape index (κ3) is 3.32. The number of hydrogen-bond donors (Lipinski definition) is 1. The van der Waals surface area contributed by atoms with Crippen molar-refractivity contribution in [3.63, 3.8) is 0 Å². The molecule has 1 fully saturated rings. The molecule has 0 radical (unpaired) electrons. The summed E-state index contributed by atoms with van der Waals surface area (Å²) < 4.78 is 32.4. The lowest BCUT2D eigenvalue weighted by Gasteiger charge is -2.26. The van der Waals surface area contributed by atoms with Gasteiger partial charge in [-0.05, 0) is 30.2 Å². The van der Waals surface area contributed by atoms with Gasteiger partial charge in [0.2, 0.25) is 0 Å². The maximum Gasteiger partial charge on any atom is 0.254 e.